The second kappa shape index (κ2) is 6.38. The van der Waals surface area contributed by atoms with E-state index in [1.165, 1.54) is 18.2 Å². The summed E-state index contributed by atoms with van der Waals surface area (Å²) in [6, 6.07) is 13.5. The van der Waals surface area contributed by atoms with Crippen LogP contribution < -0.4 is 5.32 Å². The van der Waals surface area contributed by atoms with Crippen molar-refractivity contribution in [2.75, 3.05) is 6.26 Å². The lowest BCUT2D eigenvalue weighted by Crippen LogP contribution is -2.23. The van der Waals surface area contributed by atoms with Crippen molar-refractivity contribution in [3.8, 4) is 0 Å². The number of thioether (sulfide) groups is 1. The summed E-state index contributed by atoms with van der Waals surface area (Å²) in [5, 5.41) is 2.80. The number of halogens is 1. The number of amides is 1. The average Bonchev–Trinajstić information content (AvgIpc) is 2.45. The molecular formula is C15H14FNOS. The summed E-state index contributed by atoms with van der Waals surface area (Å²) < 4.78 is 13.0. The number of rotatable bonds is 4. The number of carbonyl (C=O) groups is 1. The molecule has 0 aromatic heterocycles. The van der Waals surface area contributed by atoms with Gasteiger partial charge in [0.1, 0.15) is 5.82 Å². The molecule has 0 atom stereocenters. The Labute approximate surface area is 116 Å². The zero-order valence-corrected chi connectivity index (χ0v) is 11.3. The van der Waals surface area contributed by atoms with Crippen LogP contribution in [0.1, 0.15) is 15.9 Å². The van der Waals surface area contributed by atoms with Gasteiger partial charge < -0.3 is 5.32 Å². The van der Waals surface area contributed by atoms with Crippen molar-refractivity contribution in [1.29, 1.82) is 0 Å². The van der Waals surface area contributed by atoms with E-state index in [2.05, 4.69) is 5.32 Å². The molecule has 0 fully saturated rings. The molecule has 0 radical (unpaired) electrons. The lowest BCUT2D eigenvalue weighted by atomic mass is 10.2. The highest BCUT2D eigenvalue weighted by atomic mass is 32.2. The van der Waals surface area contributed by atoms with Crippen LogP contribution in [0.4, 0.5) is 4.39 Å². The van der Waals surface area contributed by atoms with E-state index in [0.29, 0.717) is 12.1 Å². The molecule has 2 aromatic carbocycles. The standard InChI is InChI=1S/C15H14FNOS/c1-19-14-8-3-2-5-12(14)10-17-15(18)11-6-4-7-13(16)9-11/h2-9H,10H2,1H3,(H,17,18). The summed E-state index contributed by atoms with van der Waals surface area (Å²) in [5.74, 6) is -0.674. The predicted molar refractivity (Wildman–Crippen MR) is 75.8 cm³/mol. The Kier molecular flexibility index (Phi) is 4.58. The molecule has 2 rings (SSSR count). The van der Waals surface area contributed by atoms with Crippen LogP contribution in [0.2, 0.25) is 0 Å². The zero-order valence-electron chi connectivity index (χ0n) is 10.5. The number of nitrogens with one attached hydrogen (secondary N) is 1. The smallest absolute Gasteiger partial charge is 0.251 e. The minimum atomic E-state index is -0.405. The molecule has 0 bridgehead atoms. The summed E-state index contributed by atoms with van der Waals surface area (Å²) >= 11 is 1.63. The fourth-order valence-electron chi connectivity index (χ4n) is 1.76. The number of carbonyl (C=O) groups excluding carboxylic acids is 1. The summed E-state index contributed by atoms with van der Waals surface area (Å²) in [5.41, 5.74) is 1.39. The molecule has 2 nitrogen and oxygen atoms in total. The van der Waals surface area contributed by atoms with Gasteiger partial charge in [0.2, 0.25) is 0 Å². The first-order chi connectivity index (χ1) is 9.20. The second-order valence-electron chi connectivity index (χ2n) is 4.00. The van der Waals surface area contributed by atoms with Crippen molar-refractivity contribution in [2.45, 2.75) is 11.4 Å². The molecule has 0 unspecified atom stereocenters. The highest BCUT2D eigenvalue weighted by Crippen LogP contribution is 2.19. The van der Waals surface area contributed by atoms with E-state index in [1.807, 2.05) is 30.5 Å². The van der Waals surface area contributed by atoms with Gasteiger partial charge in [-0.05, 0) is 36.1 Å². The summed E-state index contributed by atoms with van der Waals surface area (Å²) in [7, 11) is 0. The molecule has 0 aliphatic heterocycles. The Hall–Kier alpha value is -1.81. The van der Waals surface area contributed by atoms with Crippen LogP contribution in [0.15, 0.2) is 53.4 Å². The zero-order chi connectivity index (χ0) is 13.7. The van der Waals surface area contributed by atoms with Gasteiger partial charge in [-0.3, -0.25) is 4.79 Å². The summed E-state index contributed by atoms with van der Waals surface area (Å²) in [6.45, 7) is 0.437. The van der Waals surface area contributed by atoms with Crippen LogP contribution in [-0.2, 0) is 6.54 Å². The Balaban J connectivity index is 2.04. The van der Waals surface area contributed by atoms with Crippen molar-refractivity contribution < 1.29 is 9.18 Å². The fourth-order valence-corrected chi connectivity index (χ4v) is 2.37. The van der Waals surface area contributed by atoms with E-state index in [1.54, 1.807) is 17.8 Å². The van der Waals surface area contributed by atoms with Crippen molar-refractivity contribution in [2.24, 2.45) is 0 Å². The van der Waals surface area contributed by atoms with Gasteiger partial charge in [0.25, 0.3) is 5.91 Å². The normalized spacial score (nSPS) is 10.2. The topological polar surface area (TPSA) is 29.1 Å². The maximum atomic E-state index is 13.0. The SMILES string of the molecule is CSc1ccccc1CNC(=O)c1cccc(F)c1. The quantitative estimate of drug-likeness (QED) is 0.866. The molecule has 0 saturated carbocycles. The highest BCUT2D eigenvalue weighted by Gasteiger charge is 2.07. The van der Waals surface area contributed by atoms with Crippen LogP contribution in [0.5, 0.6) is 0 Å². The molecule has 2 aromatic rings. The van der Waals surface area contributed by atoms with Gasteiger partial charge in [-0.15, -0.1) is 11.8 Å². The lowest BCUT2D eigenvalue weighted by molar-refractivity contribution is 0.0950. The van der Waals surface area contributed by atoms with Crippen LogP contribution in [0.3, 0.4) is 0 Å². The fraction of sp³-hybridized carbons (Fsp3) is 0.133. The third kappa shape index (κ3) is 3.58. The van der Waals surface area contributed by atoms with Gasteiger partial charge in [-0.25, -0.2) is 4.39 Å². The first-order valence-corrected chi connectivity index (χ1v) is 7.09. The molecular weight excluding hydrogens is 261 g/mol. The number of benzene rings is 2. The van der Waals surface area contributed by atoms with Crippen molar-refractivity contribution in [3.05, 3.63) is 65.5 Å². The van der Waals surface area contributed by atoms with E-state index in [4.69, 9.17) is 0 Å². The predicted octanol–water partition coefficient (Wildman–Crippen LogP) is 3.48. The highest BCUT2D eigenvalue weighted by molar-refractivity contribution is 7.98. The van der Waals surface area contributed by atoms with Gasteiger partial charge in [-0.1, -0.05) is 24.3 Å². The van der Waals surface area contributed by atoms with Crippen molar-refractivity contribution in [1.82, 2.24) is 5.32 Å². The molecule has 19 heavy (non-hydrogen) atoms. The van der Waals surface area contributed by atoms with Crippen LogP contribution in [0.25, 0.3) is 0 Å². The molecule has 0 spiro atoms. The van der Waals surface area contributed by atoms with E-state index in [-0.39, 0.29) is 5.91 Å². The lowest BCUT2D eigenvalue weighted by Gasteiger charge is -2.09. The Bertz CT molecular complexity index is 586. The third-order valence-electron chi connectivity index (χ3n) is 2.72. The van der Waals surface area contributed by atoms with Gasteiger partial charge in [-0.2, -0.15) is 0 Å². The molecule has 0 saturated heterocycles. The monoisotopic (exact) mass is 275 g/mol. The van der Waals surface area contributed by atoms with Gasteiger partial charge in [0, 0.05) is 17.0 Å². The van der Waals surface area contributed by atoms with Crippen molar-refractivity contribution >= 4 is 17.7 Å². The van der Waals surface area contributed by atoms with Gasteiger partial charge in [0.05, 0.1) is 0 Å². The van der Waals surface area contributed by atoms with E-state index in [9.17, 15) is 9.18 Å². The molecule has 1 N–H and O–H groups in total. The van der Waals surface area contributed by atoms with Gasteiger partial charge >= 0.3 is 0 Å². The molecule has 0 aliphatic carbocycles. The van der Waals surface area contributed by atoms with Crippen LogP contribution >= 0.6 is 11.8 Å². The van der Waals surface area contributed by atoms with Crippen molar-refractivity contribution in [3.63, 3.8) is 0 Å². The Morgan fingerprint density at radius 3 is 2.74 bits per heavy atom. The molecule has 1 amide bonds. The van der Waals surface area contributed by atoms with Crippen LogP contribution in [0, 0.1) is 5.82 Å². The van der Waals surface area contributed by atoms with Crippen LogP contribution in [-0.4, -0.2) is 12.2 Å². The second-order valence-corrected chi connectivity index (χ2v) is 4.85. The largest absolute Gasteiger partial charge is 0.348 e. The van der Waals surface area contributed by atoms with E-state index >= 15 is 0 Å². The first kappa shape index (κ1) is 13.6. The minimum absolute atomic E-state index is 0.268. The molecule has 0 aliphatic rings. The van der Waals surface area contributed by atoms with Gasteiger partial charge in [0.15, 0.2) is 0 Å². The first-order valence-electron chi connectivity index (χ1n) is 5.86. The number of hydrogen-bond donors (Lipinski definition) is 1. The third-order valence-corrected chi connectivity index (χ3v) is 3.56. The summed E-state index contributed by atoms with van der Waals surface area (Å²) in [4.78, 5) is 13.0. The average molecular weight is 275 g/mol. The van der Waals surface area contributed by atoms with E-state index < -0.39 is 5.82 Å². The van der Waals surface area contributed by atoms with E-state index in [0.717, 1.165) is 10.5 Å². The Morgan fingerprint density at radius 1 is 1.21 bits per heavy atom. The minimum Gasteiger partial charge on any atom is -0.348 e. The maximum absolute atomic E-state index is 13.0. The molecule has 98 valence electrons. The molecule has 4 heteroatoms. The maximum Gasteiger partial charge on any atom is 0.251 e. The Morgan fingerprint density at radius 2 is 2.00 bits per heavy atom. The number of hydrogen-bond acceptors (Lipinski definition) is 2. The molecule has 0 heterocycles. The summed E-state index contributed by atoms with van der Waals surface area (Å²) in [6.07, 6.45) is 1.99.